The highest BCUT2D eigenvalue weighted by molar-refractivity contribution is 7.89. The van der Waals surface area contributed by atoms with E-state index in [1.54, 1.807) is 19.1 Å². The molecule has 35 heavy (non-hydrogen) atoms. The van der Waals surface area contributed by atoms with E-state index in [4.69, 9.17) is 32.7 Å². The standard InChI is InChI=1S/C22H21Cl2N3O6S2/c1-2-33-18(28)13-27-20-17(8-7-16(23)19(20)24)34-22(27)25-21(29)14-3-5-15(6-4-14)35(30,31)26-9-11-32-12-10-26/h3-8H,2,9-13H2,1H3. The molecule has 0 saturated carbocycles. The third-order valence-corrected chi connectivity index (χ3v) is 8.98. The lowest BCUT2D eigenvalue weighted by Gasteiger charge is -2.26. The highest BCUT2D eigenvalue weighted by Gasteiger charge is 2.26. The van der Waals surface area contributed by atoms with Crippen molar-refractivity contribution < 1.29 is 27.5 Å². The van der Waals surface area contributed by atoms with Crippen molar-refractivity contribution >= 4 is 66.7 Å². The lowest BCUT2D eigenvalue weighted by molar-refractivity contribution is -0.143. The number of carbonyl (C=O) groups excluding carboxylic acids is 2. The second-order valence-corrected chi connectivity index (χ2v) is 11.2. The third kappa shape index (κ3) is 5.45. The molecule has 1 aromatic heterocycles. The van der Waals surface area contributed by atoms with Crippen LogP contribution in [0.15, 0.2) is 46.3 Å². The minimum absolute atomic E-state index is 0.0802. The Balaban J connectivity index is 1.69. The molecule has 1 aliphatic heterocycles. The fourth-order valence-corrected chi connectivity index (χ4v) is 6.45. The lowest BCUT2D eigenvalue weighted by atomic mass is 10.2. The first kappa shape index (κ1) is 25.8. The summed E-state index contributed by atoms with van der Waals surface area (Å²) in [6.07, 6.45) is 0. The molecule has 0 bridgehead atoms. The van der Waals surface area contributed by atoms with Gasteiger partial charge in [-0.3, -0.25) is 9.59 Å². The predicted molar refractivity (Wildman–Crippen MR) is 132 cm³/mol. The number of halogens is 2. The van der Waals surface area contributed by atoms with Crippen LogP contribution in [0.4, 0.5) is 0 Å². The average Bonchev–Trinajstić information content (AvgIpc) is 3.19. The van der Waals surface area contributed by atoms with E-state index in [2.05, 4.69) is 4.99 Å². The van der Waals surface area contributed by atoms with Crippen molar-refractivity contribution in [3.63, 3.8) is 0 Å². The monoisotopic (exact) mass is 557 g/mol. The molecule has 4 rings (SSSR count). The summed E-state index contributed by atoms with van der Waals surface area (Å²) in [6, 6.07) is 8.92. The van der Waals surface area contributed by atoms with E-state index in [0.717, 1.165) is 0 Å². The van der Waals surface area contributed by atoms with Crippen molar-refractivity contribution in [2.24, 2.45) is 4.99 Å². The van der Waals surface area contributed by atoms with Gasteiger partial charge in [-0.05, 0) is 43.3 Å². The normalized spacial score (nSPS) is 15.5. The number of esters is 1. The van der Waals surface area contributed by atoms with Crippen LogP contribution in [-0.2, 0) is 30.8 Å². The van der Waals surface area contributed by atoms with Crippen molar-refractivity contribution in [3.05, 3.63) is 56.8 Å². The molecular formula is C22H21Cl2N3O6S2. The van der Waals surface area contributed by atoms with Gasteiger partial charge in [-0.1, -0.05) is 34.5 Å². The molecule has 1 aliphatic rings. The van der Waals surface area contributed by atoms with Crippen LogP contribution in [0.1, 0.15) is 17.3 Å². The number of ether oxygens (including phenoxy) is 2. The van der Waals surface area contributed by atoms with E-state index in [1.165, 1.54) is 44.5 Å². The van der Waals surface area contributed by atoms with Gasteiger partial charge in [-0.25, -0.2) is 8.42 Å². The first-order valence-corrected chi connectivity index (χ1v) is 13.6. The number of carbonyl (C=O) groups is 2. The maximum absolute atomic E-state index is 12.9. The van der Waals surface area contributed by atoms with E-state index in [9.17, 15) is 18.0 Å². The van der Waals surface area contributed by atoms with Crippen LogP contribution in [-0.4, -0.2) is 62.1 Å². The molecule has 0 radical (unpaired) electrons. The van der Waals surface area contributed by atoms with Crippen LogP contribution < -0.4 is 4.80 Å². The van der Waals surface area contributed by atoms with Crippen LogP contribution in [0.5, 0.6) is 0 Å². The topological polar surface area (TPSA) is 107 Å². The Labute approximate surface area is 215 Å². The number of morpholine rings is 1. The zero-order valence-electron chi connectivity index (χ0n) is 18.6. The molecule has 0 spiro atoms. The largest absolute Gasteiger partial charge is 0.465 e. The first-order chi connectivity index (χ1) is 16.7. The number of sulfonamides is 1. The van der Waals surface area contributed by atoms with Crippen molar-refractivity contribution in [3.8, 4) is 0 Å². The Morgan fingerprint density at radius 1 is 1.11 bits per heavy atom. The van der Waals surface area contributed by atoms with Gasteiger partial charge in [0.15, 0.2) is 4.80 Å². The van der Waals surface area contributed by atoms with Crippen molar-refractivity contribution in [2.75, 3.05) is 32.9 Å². The summed E-state index contributed by atoms with van der Waals surface area (Å²) in [7, 11) is -3.68. The zero-order valence-corrected chi connectivity index (χ0v) is 21.7. The van der Waals surface area contributed by atoms with Gasteiger partial charge in [0.1, 0.15) is 6.54 Å². The average molecular weight is 558 g/mol. The number of fused-ring (bicyclic) bond motifs is 1. The van der Waals surface area contributed by atoms with Gasteiger partial charge in [-0.2, -0.15) is 9.30 Å². The Morgan fingerprint density at radius 2 is 1.80 bits per heavy atom. The van der Waals surface area contributed by atoms with E-state index >= 15 is 0 Å². The summed E-state index contributed by atoms with van der Waals surface area (Å²) < 4.78 is 39.4. The SMILES string of the molecule is CCOC(=O)Cn1c(=NC(=O)c2ccc(S(=O)(=O)N3CCOCC3)cc2)sc2ccc(Cl)c(Cl)c21. The number of aromatic nitrogens is 1. The zero-order chi connectivity index (χ0) is 25.2. The number of hydrogen-bond acceptors (Lipinski definition) is 7. The minimum Gasteiger partial charge on any atom is -0.465 e. The number of hydrogen-bond donors (Lipinski definition) is 0. The van der Waals surface area contributed by atoms with E-state index in [1.807, 2.05) is 0 Å². The summed E-state index contributed by atoms with van der Waals surface area (Å²) in [5, 5.41) is 0.529. The number of rotatable bonds is 6. The molecule has 186 valence electrons. The second-order valence-electron chi connectivity index (χ2n) is 7.44. The Hall–Kier alpha value is -2.28. The molecule has 1 amide bonds. The second kappa shape index (κ2) is 10.8. The van der Waals surface area contributed by atoms with Crippen molar-refractivity contribution in [1.82, 2.24) is 8.87 Å². The number of benzene rings is 2. The molecule has 9 nitrogen and oxygen atoms in total. The molecular weight excluding hydrogens is 537 g/mol. The maximum atomic E-state index is 12.9. The van der Waals surface area contributed by atoms with Gasteiger partial charge in [0.05, 0.1) is 45.0 Å². The number of amides is 1. The van der Waals surface area contributed by atoms with Gasteiger partial charge >= 0.3 is 5.97 Å². The molecule has 1 saturated heterocycles. The van der Waals surface area contributed by atoms with E-state index in [0.29, 0.717) is 28.5 Å². The predicted octanol–water partition coefficient (Wildman–Crippen LogP) is 3.33. The summed E-state index contributed by atoms with van der Waals surface area (Å²) in [6.45, 7) is 2.90. The molecule has 1 fully saturated rings. The Morgan fingerprint density at radius 3 is 2.46 bits per heavy atom. The van der Waals surface area contributed by atoms with Gasteiger partial charge in [0.25, 0.3) is 5.91 Å². The fourth-order valence-electron chi connectivity index (χ4n) is 3.53. The Kier molecular flexibility index (Phi) is 7.94. The molecule has 2 heterocycles. The van der Waals surface area contributed by atoms with E-state index in [-0.39, 0.29) is 46.5 Å². The summed E-state index contributed by atoms with van der Waals surface area (Å²) in [4.78, 5) is 29.7. The summed E-state index contributed by atoms with van der Waals surface area (Å²) in [5.74, 6) is -1.12. The molecule has 0 aliphatic carbocycles. The molecule has 2 aromatic carbocycles. The first-order valence-electron chi connectivity index (χ1n) is 10.6. The van der Waals surface area contributed by atoms with Crippen LogP contribution >= 0.6 is 34.5 Å². The molecule has 0 atom stereocenters. The highest BCUT2D eigenvalue weighted by atomic mass is 35.5. The molecule has 13 heteroatoms. The van der Waals surface area contributed by atoms with E-state index < -0.39 is 21.9 Å². The Bertz CT molecular complexity index is 1440. The fraction of sp³-hybridized carbons (Fsp3) is 0.318. The van der Waals surface area contributed by atoms with Crippen LogP contribution in [0.3, 0.4) is 0 Å². The highest BCUT2D eigenvalue weighted by Crippen LogP contribution is 2.32. The van der Waals surface area contributed by atoms with Gasteiger partial charge in [0, 0.05) is 18.7 Å². The summed E-state index contributed by atoms with van der Waals surface area (Å²) in [5.41, 5.74) is 0.658. The molecule has 3 aromatic rings. The smallest absolute Gasteiger partial charge is 0.326 e. The van der Waals surface area contributed by atoms with Crippen LogP contribution in [0, 0.1) is 0 Å². The van der Waals surface area contributed by atoms with Gasteiger partial charge < -0.3 is 14.0 Å². The summed E-state index contributed by atoms with van der Waals surface area (Å²) >= 11 is 13.7. The minimum atomic E-state index is -3.68. The van der Waals surface area contributed by atoms with Crippen LogP contribution in [0.25, 0.3) is 10.2 Å². The van der Waals surface area contributed by atoms with Crippen molar-refractivity contribution in [2.45, 2.75) is 18.4 Å². The molecule has 0 N–H and O–H groups in total. The quantitative estimate of drug-likeness (QED) is 0.430. The maximum Gasteiger partial charge on any atom is 0.326 e. The van der Waals surface area contributed by atoms with Crippen molar-refractivity contribution in [1.29, 1.82) is 0 Å². The molecule has 0 unspecified atom stereocenters. The lowest BCUT2D eigenvalue weighted by Crippen LogP contribution is -2.40. The number of thiazole rings is 1. The third-order valence-electron chi connectivity index (χ3n) is 5.23. The van der Waals surface area contributed by atoms with Gasteiger partial charge in [0.2, 0.25) is 10.0 Å². The van der Waals surface area contributed by atoms with Crippen LogP contribution in [0.2, 0.25) is 10.0 Å². The van der Waals surface area contributed by atoms with Gasteiger partial charge in [-0.15, -0.1) is 0 Å². The number of nitrogens with zero attached hydrogens (tertiary/aromatic N) is 3.